The molecule has 2 aromatic rings. The van der Waals surface area contributed by atoms with Crippen LogP contribution < -0.4 is 15.1 Å². The molecule has 1 aliphatic heterocycles. The van der Waals surface area contributed by atoms with Gasteiger partial charge in [-0.1, -0.05) is 12.1 Å². The molecule has 118 valence electrons. The van der Waals surface area contributed by atoms with Crippen LogP contribution in [0.4, 0.5) is 0 Å². The van der Waals surface area contributed by atoms with Gasteiger partial charge in [0.05, 0.1) is 18.6 Å². The van der Waals surface area contributed by atoms with Crippen LogP contribution in [0.25, 0.3) is 11.0 Å². The van der Waals surface area contributed by atoms with Crippen LogP contribution in [0.2, 0.25) is 0 Å². The van der Waals surface area contributed by atoms with E-state index in [1.54, 1.807) is 6.07 Å². The molecule has 0 fully saturated rings. The molecule has 0 saturated carbocycles. The molecule has 3 rings (SSSR count). The molecule has 0 amide bonds. The molecule has 0 radical (unpaired) electrons. The predicted octanol–water partition coefficient (Wildman–Crippen LogP) is 3.14. The summed E-state index contributed by atoms with van der Waals surface area (Å²) >= 11 is 0. The van der Waals surface area contributed by atoms with Gasteiger partial charge in [0.1, 0.15) is 5.58 Å². The lowest BCUT2D eigenvalue weighted by Gasteiger charge is -2.13. The Morgan fingerprint density at radius 1 is 0.773 bits per heavy atom. The van der Waals surface area contributed by atoms with Crippen LogP contribution in [0.3, 0.4) is 0 Å². The third-order valence-corrected chi connectivity index (χ3v) is 3.58. The number of rotatable bonds is 0. The van der Waals surface area contributed by atoms with Crippen molar-refractivity contribution >= 4 is 11.0 Å². The van der Waals surface area contributed by atoms with Gasteiger partial charge in [-0.05, 0) is 37.8 Å². The van der Waals surface area contributed by atoms with Gasteiger partial charge < -0.3 is 18.6 Å². The molecule has 0 spiro atoms. The highest BCUT2D eigenvalue weighted by molar-refractivity contribution is 5.85. The van der Waals surface area contributed by atoms with Gasteiger partial charge >= 0.3 is 5.63 Å². The van der Waals surface area contributed by atoms with Crippen molar-refractivity contribution in [2.24, 2.45) is 0 Å². The minimum atomic E-state index is -0.486. The third kappa shape index (κ3) is 3.42. The van der Waals surface area contributed by atoms with Gasteiger partial charge in [-0.2, -0.15) is 0 Å². The SMILES string of the molecule is O=c1oc2ccccc2c2c1OCCCCOCCCCO2. The number of para-hydroxylation sites is 1. The average molecular weight is 304 g/mol. The second kappa shape index (κ2) is 7.31. The Morgan fingerprint density at radius 3 is 2.18 bits per heavy atom. The van der Waals surface area contributed by atoms with E-state index in [4.69, 9.17) is 18.6 Å². The van der Waals surface area contributed by atoms with E-state index in [9.17, 15) is 4.79 Å². The van der Waals surface area contributed by atoms with E-state index in [1.807, 2.05) is 18.2 Å². The first-order valence-corrected chi connectivity index (χ1v) is 7.75. The van der Waals surface area contributed by atoms with Crippen LogP contribution in [0.1, 0.15) is 25.7 Å². The average Bonchev–Trinajstić information content (AvgIpc) is 2.55. The number of hydrogen-bond donors (Lipinski definition) is 0. The second-order valence-electron chi connectivity index (χ2n) is 5.27. The smallest absolute Gasteiger partial charge is 0.383 e. The topological polar surface area (TPSA) is 57.9 Å². The Labute approximate surface area is 128 Å². The third-order valence-electron chi connectivity index (χ3n) is 3.58. The predicted molar refractivity (Wildman–Crippen MR) is 82.8 cm³/mol. The molecule has 0 saturated heterocycles. The zero-order chi connectivity index (χ0) is 15.2. The monoisotopic (exact) mass is 304 g/mol. The maximum Gasteiger partial charge on any atom is 0.383 e. The minimum Gasteiger partial charge on any atom is -0.489 e. The van der Waals surface area contributed by atoms with E-state index in [1.165, 1.54) is 0 Å². The molecular formula is C17H20O5. The summed E-state index contributed by atoms with van der Waals surface area (Å²) in [4.78, 5) is 12.2. The van der Waals surface area contributed by atoms with Crippen LogP contribution >= 0.6 is 0 Å². The molecule has 1 aliphatic rings. The van der Waals surface area contributed by atoms with Crippen molar-refractivity contribution in [3.8, 4) is 11.5 Å². The summed E-state index contributed by atoms with van der Waals surface area (Å²) in [6, 6.07) is 7.35. The van der Waals surface area contributed by atoms with E-state index in [-0.39, 0.29) is 5.75 Å². The summed E-state index contributed by atoms with van der Waals surface area (Å²) < 4.78 is 22.4. The fourth-order valence-electron chi connectivity index (χ4n) is 2.44. The second-order valence-corrected chi connectivity index (χ2v) is 5.27. The number of ether oxygens (including phenoxy) is 3. The maximum atomic E-state index is 12.2. The van der Waals surface area contributed by atoms with Crippen molar-refractivity contribution in [3.63, 3.8) is 0 Å². The zero-order valence-electron chi connectivity index (χ0n) is 12.5. The fourth-order valence-corrected chi connectivity index (χ4v) is 2.44. The fraction of sp³-hybridized carbons (Fsp3) is 0.471. The highest BCUT2D eigenvalue weighted by atomic mass is 16.5. The molecule has 0 aliphatic carbocycles. The van der Waals surface area contributed by atoms with Crippen LogP contribution in [0.15, 0.2) is 33.5 Å². The molecular weight excluding hydrogens is 284 g/mol. The lowest BCUT2D eigenvalue weighted by atomic mass is 10.2. The maximum absolute atomic E-state index is 12.2. The summed E-state index contributed by atoms with van der Waals surface area (Å²) in [6.07, 6.45) is 3.55. The van der Waals surface area contributed by atoms with Crippen LogP contribution in [0, 0.1) is 0 Å². The summed E-state index contributed by atoms with van der Waals surface area (Å²) in [5.41, 5.74) is 0.0299. The molecule has 22 heavy (non-hydrogen) atoms. The van der Waals surface area contributed by atoms with Crippen LogP contribution in [-0.4, -0.2) is 26.4 Å². The Hall–Kier alpha value is -2.01. The van der Waals surface area contributed by atoms with Gasteiger partial charge in [0.25, 0.3) is 0 Å². The number of benzene rings is 1. The summed E-state index contributed by atoms with van der Waals surface area (Å²) in [5, 5.41) is 0.767. The molecule has 0 atom stereocenters. The molecule has 0 unspecified atom stereocenters. The van der Waals surface area contributed by atoms with E-state index in [0.29, 0.717) is 24.5 Å². The lowest BCUT2D eigenvalue weighted by Crippen LogP contribution is -2.11. The quantitative estimate of drug-likeness (QED) is 0.700. The Morgan fingerprint density at radius 2 is 1.41 bits per heavy atom. The minimum absolute atomic E-state index is 0.180. The number of fused-ring (bicyclic) bond motifs is 3. The largest absolute Gasteiger partial charge is 0.489 e. The van der Waals surface area contributed by atoms with E-state index >= 15 is 0 Å². The molecule has 0 N–H and O–H groups in total. The summed E-state index contributed by atoms with van der Waals surface area (Å²) in [7, 11) is 0. The molecule has 2 heterocycles. The highest BCUT2D eigenvalue weighted by Gasteiger charge is 2.17. The van der Waals surface area contributed by atoms with Gasteiger partial charge in [0.2, 0.25) is 5.75 Å². The van der Waals surface area contributed by atoms with Crippen molar-refractivity contribution in [2.75, 3.05) is 26.4 Å². The van der Waals surface area contributed by atoms with Gasteiger partial charge in [-0.3, -0.25) is 0 Å². The van der Waals surface area contributed by atoms with E-state index in [2.05, 4.69) is 0 Å². The molecule has 1 aromatic carbocycles. The Balaban J connectivity index is 1.96. The van der Waals surface area contributed by atoms with Crippen molar-refractivity contribution in [1.29, 1.82) is 0 Å². The van der Waals surface area contributed by atoms with E-state index < -0.39 is 5.63 Å². The van der Waals surface area contributed by atoms with Crippen molar-refractivity contribution in [3.05, 3.63) is 34.7 Å². The van der Waals surface area contributed by atoms with Crippen molar-refractivity contribution in [2.45, 2.75) is 25.7 Å². The summed E-state index contributed by atoms with van der Waals surface area (Å²) in [5.74, 6) is 0.672. The molecule has 5 heteroatoms. The summed E-state index contributed by atoms with van der Waals surface area (Å²) in [6.45, 7) is 2.44. The van der Waals surface area contributed by atoms with Crippen LogP contribution in [-0.2, 0) is 4.74 Å². The highest BCUT2D eigenvalue weighted by Crippen LogP contribution is 2.33. The van der Waals surface area contributed by atoms with Gasteiger partial charge in [0, 0.05) is 13.2 Å². The first-order valence-electron chi connectivity index (χ1n) is 7.75. The molecule has 5 nitrogen and oxygen atoms in total. The first kappa shape index (κ1) is 14.9. The first-order chi connectivity index (χ1) is 10.9. The standard InChI is InChI=1S/C17H20O5/c18-17-16-15(13-7-1-2-8-14(13)22-17)20-11-5-3-9-19-10-4-6-12-21-16/h1-2,7-8H,3-6,9-12H2. The zero-order valence-corrected chi connectivity index (χ0v) is 12.5. The van der Waals surface area contributed by atoms with Gasteiger partial charge in [-0.15, -0.1) is 0 Å². The molecule has 0 bridgehead atoms. The Bertz CT molecular complexity index is 676. The van der Waals surface area contributed by atoms with Crippen molar-refractivity contribution < 1.29 is 18.6 Å². The van der Waals surface area contributed by atoms with Gasteiger partial charge in [-0.25, -0.2) is 4.79 Å². The van der Waals surface area contributed by atoms with Gasteiger partial charge in [0.15, 0.2) is 5.75 Å². The lowest BCUT2D eigenvalue weighted by molar-refractivity contribution is 0.121. The van der Waals surface area contributed by atoms with E-state index in [0.717, 1.165) is 44.3 Å². The number of hydrogen-bond acceptors (Lipinski definition) is 5. The van der Waals surface area contributed by atoms with Crippen molar-refractivity contribution in [1.82, 2.24) is 0 Å². The molecule has 1 aromatic heterocycles. The Kier molecular flexibility index (Phi) is 4.96. The normalized spacial score (nSPS) is 17.3. The van der Waals surface area contributed by atoms with Crippen LogP contribution in [0.5, 0.6) is 11.5 Å².